The molecule has 6 N–H and O–H groups in total. The number of nitrogens with two attached hydrogens (primary N) is 1. The third-order valence-corrected chi connectivity index (χ3v) is 10.7. The minimum Gasteiger partial charge on any atom is -0.507 e. The first-order chi connectivity index (χ1) is 27.0. The van der Waals surface area contributed by atoms with Gasteiger partial charge in [0.1, 0.15) is 42.2 Å². The number of piperidine rings is 1. The second kappa shape index (κ2) is 14.5. The number of nitrogens with one attached hydrogen (secondary N) is 3. The van der Waals surface area contributed by atoms with Gasteiger partial charge in [0.2, 0.25) is 17.7 Å². The fourth-order valence-electron chi connectivity index (χ4n) is 8.14. The van der Waals surface area contributed by atoms with Crippen molar-refractivity contribution in [3.63, 3.8) is 0 Å². The van der Waals surface area contributed by atoms with E-state index in [1.165, 1.54) is 0 Å². The Morgan fingerprint density at radius 1 is 0.875 bits per heavy atom. The Balaban J connectivity index is 0.753. The molecule has 16 nitrogen and oxygen atoms in total. The molecule has 5 amide bonds. The van der Waals surface area contributed by atoms with Crippen molar-refractivity contribution in [2.75, 3.05) is 44.0 Å². The zero-order chi connectivity index (χ0) is 39.0. The van der Waals surface area contributed by atoms with Gasteiger partial charge in [-0.25, -0.2) is 0 Å². The maximum atomic E-state index is 13.3. The van der Waals surface area contributed by atoms with E-state index in [1.807, 2.05) is 0 Å². The molecule has 1 unspecified atom stereocenters. The highest BCUT2D eigenvalue weighted by Gasteiger charge is 2.71. The lowest BCUT2D eigenvalue weighted by Gasteiger charge is -2.68. The van der Waals surface area contributed by atoms with Gasteiger partial charge in [0, 0.05) is 41.8 Å². The number of ether oxygens (including phenoxy) is 3. The zero-order valence-corrected chi connectivity index (χ0v) is 30.2. The average molecular weight is 762 g/mol. The number of hydrogen-bond acceptors (Lipinski definition) is 13. The van der Waals surface area contributed by atoms with Crippen LogP contribution in [0.1, 0.15) is 52.8 Å². The topological polar surface area (TPSA) is 224 Å². The molecule has 2 aliphatic heterocycles. The van der Waals surface area contributed by atoms with E-state index < -0.39 is 35.1 Å². The number of carbonyl (C=O) groups is 5. The quantitative estimate of drug-likeness (QED) is 0.0869. The van der Waals surface area contributed by atoms with Crippen LogP contribution >= 0.6 is 0 Å². The highest BCUT2D eigenvalue weighted by atomic mass is 16.5. The van der Waals surface area contributed by atoms with Crippen LogP contribution < -0.4 is 35.9 Å². The van der Waals surface area contributed by atoms with Gasteiger partial charge in [-0.2, -0.15) is 0 Å². The van der Waals surface area contributed by atoms with Crippen LogP contribution in [0.3, 0.4) is 0 Å². The van der Waals surface area contributed by atoms with Crippen molar-refractivity contribution in [3.05, 3.63) is 83.9 Å². The Bertz CT molecular complexity index is 2240. The molecular formula is C40H39N7O9. The fraction of sp³-hybridized carbons (Fsp3) is 0.325. The molecule has 3 aliphatic carbocycles. The molecule has 2 bridgehead atoms. The molecule has 3 saturated carbocycles. The number of amides is 5. The molecule has 16 heteroatoms. The largest absolute Gasteiger partial charge is 0.507 e. The smallest absolute Gasteiger partial charge is 0.264 e. The Hall–Kier alpha value is -6.71. The van der Waals surface area contributed by atoms with Crippen LogP contribution in [0.25, 0.3) is 11.3 Å². The number of imide groups is 2. The van der Waals surface area contributed by atoms with Crippen LogP contribution in [0.4, 0.5) is 11.5 Å². The van der Waals surface area contributed by atoms with E-state index >= 15 is 0 Å². The van der Waals surface area contributed by atoms with Crippen LogP contribution in [0.2, 0.25) is 0 Å². The minimum absolute atomic E-state index is 0.00158. The van der Waals surface area contributed by atoms with E-state index in [0.717, 1.165) is 4.90 Å². The molecule has 9 rings (SSSR count). The van der Waals surface area contributed by atoms with Gasteiger partial charge in [-0.15, -0.1) is 10.2 Å². The summed E-state index contributed by atoms with van der Waals surface area (Å²) < 4.78 is 17.8. The van der Waals surface area contributed by atoms with Gasteiger partial charge in [0.05, 0.1) is 29.7 Å². The normalized spacial score (nSPS) is 22.0. The molecule has 3 heterocycles. The number of para-hydroxylation sites is 1. The maximum absolute atomic E-state index is 13.3. The van der Waals surface area contributed by atoms with Crippen LogP contribution in [-0.2, 0) is 14.4 Å². The van der Waals surface area contributed by atoms with Gasteiger partial charge in [0.25, 0.3) is 11.8 Å². The Kier molecular flexibility index (Phi) is 9.40. The predicted octanol–water partition coefficient (Wildman–Crippen LogP) is 3.07. The summed E-state index contributed by atoms with van der Waals surface area (Å²) in [7, 11) is 0. The van der Waals surface area contributed by atoms with Crippen LogP contribution in [0.5, 0.6) is 23.0 Å². The van der Waals surface area contributed by atoms with Gasteiger partial charge < -0.3 is 35.7 Å². The minimum atomic E-state index is -1.04. The molecule has 1 aromatic heterocycles. The summed E-state index contributed by atoms with van der Waals surface area (Å²) in [5.41, 5.74) is 7.31. The number of nitrogen functional groups attached to an aromatic ring is 1. The molecule has 0 radical (unpaired) electrons. The van der Waals surface area contributed by atoms with Crippen LogP contribution in [0, 0.1) is 10.8 Å². The number of nitrogens with zero attached hydrogens (tertiary/aromatic N) is 3. The van der Waals surface area contributed by atoms with Crippen molar-refractivity contribution >= 4 is 41.0 Å². The van der Waals surface area contributed by atoms with Gasteiger partial charge >= 0.3 is 0 Å². The third kappa shape index (κ3) is 6.78. The molecule has 4 aromatic rings. The lowest BCUT2D eigenvalue weighted by molar-refractivity contribution is -0.217. The number of carbonyl (C=O) groups excluding carboxylic acids is 5. The molecule has 1 saturated heterocycles. The lowest BCUT2D eigenvalue weighted by Crippen LogP contribution is -2.69. The molecule has 3 aromatic carbocycles. The lowest BCUT2D eigenvalue weighted by atomic mass is 9.35. The van der Waals surface area contributed by atoms with E-state index in [1.54, 1.807) is 72.8 Å². The van der Waals surface area contributed by atoms with Crippen LogP contribution in [0.15, 0.2) is 72.8 Å². The van der Waals surface area contributed by atoms with Crippen molar-refractivity contribution in [3.8, 4) is 34.3 Å². The SMILES string of the molecule is Nc1nnc(-c2ccccc2O)cc1OCC12CC(C(=O)NCCOc3cccc(OCCNc4cccc5c4C(=O)N(C4CCC(=O)NC4=O)C5=O)c3)(C1)C2. The Labute approximate surface area is 320 Å². The summed E-state index contributed by atoms with van der Waals surface area (Å²) in [4.78, 5) is 64.4. The van der Waals surface area contributed by atoms with Crippen molar-refractivity contribution in [1.82, 2.24) is 25.7 Å². The maximum Gasteiger partial charge on any atom is 0.264 e. The first-order valence-electron chi connectivity index (χ1n) is 18.3. The highest BCUT2D eigenvalue weighted by Crippen LogP contribution is 2.73. The van der Waals surface area contributed by atoms with E-state index in [-0.39, 0.29) is 60.1 Å². The fourth-order valence-corrected chi connectivity index (χ4v) is 8.14. The standard InChI is InChI=1S/C40H39N7O9/c41-34-31(18-28(45-46-34)25-7-1-2-10-30(25)48)56-22-39-19-40(20-39,21-39)38(53)43-14-16-55-24-6-3-5-23(17-24)54-15-13-42-27-9-4-8-26-33(27)37(52)47(36(26)51)29-11-12-32(49)44-35(29)50/h1-10,17-18,29,42,48H,11-16,19-22H2,(H2,41,46)(H,43,53)(H,44,49,50). The van der Waals surface area contributed by atoms with Gasteiger partial charge in [-0.3, -0.25) is 34.2 Å². The number of benzene rings is 3. The number of aromatic hydroxyl groups is 1. The third-order valence-electron chi connectivity index (χ3n) is 10.7. The molecule has 0 spiro atoms. The zero-order valence-electron chi connectivity index (χ0n) is 30.2. The Morgan fingerprint density at radius 2 is 1.59 bits per heavy atom. The summed E-state index contributed by atoms with van der Waals surface area (Å²) in [5.74, 6) is -0.502. The summed E-state index contributed by atoms with van der Waals surface area (Å²) in [6, 6.07) is 19.4. The van der Waals surface area contributed by atoms with Gasteiger partial charge in [0.15, 0.2) is 11.6 Å². The number of aromatic nitrogens is 2. The van der Waals surface area contributed by atoms with Crippen molar-refractivity contribution in [1.29, 1.82) is 0 Å². The van der Waals surface area contributed by atoms with Crippen molar-refractivity contribution < 1.29 is 43.3 Å². The number of hydrogen-bond donors (Lipinski definition) is 5. The predicted molar refractivity (Wildman–Crippen MR) is 200 cm³/mol. The molecule has 288 valence electrons. The first-order valence-corrected chi connectivity index (χ1v) is 18.3. The Morgan fingerprint density at radius 3 is 2.34 bits per heavy atom. The van der Waals surface area contributed by atoms with Crippen molar-refractivity contribution in [2.24, 2.45) is 10.8 Å². The number of phenols is 1. The molecular weight excluding hydrogens is 722 g/mol. The molecule has 1 atom stereocenters. The van der Waals surface area contributed by atoms with E-state index in [2.05, 4.69) is 26.1 Å². The summed E-state index contributed by atoms with van der Waals surface area (Å²) >= 11 is 0. The van der Waals surface area contributed by atoms with Gasteiger partial charge in [-0.1, -0.05) is 24.3 Å². The van der Waals surface area contributed by atoms with Crippen molar-refractivity contribution in [2.45, 2.75) is 38.1 Å². The van der Waals surface area contributed by atoms with Crippen LogP contribution in [-0.4, -0.2) is 88.7 Å². The van der Waals surface area contributed by atoms with E-state index in [4.69, 9.17) is 19.9 Å². The number of fused-ring (bicyclic) bond motifs is 1. The molecule has 56 heavy (non-hydrogen) atoms. The van der Waals surface area contributed by atoms with Gasteiger partial charge in [-0.05, 0) is 62.1 Å². The molecule has 4 fully saturated rings. The summed E-state index contributed by atoms with van der Waals surface area (Å²) in [6.07, 6.45) is 2.27. The second-order valence-electron chi connectivity index (χ2n) is 14.6. The number of anilines is 2. The molecule has 5 aliphatic rings. The number of rotatable bonds is 15. The van der Waals surface area contributed by atoms with E-state index in [9.17, 15) is 29.1 Å². The first kappa shape index (κ1) is 36.3. The number of phenolic OH excluding ortho intramolecular Hbond substituents is 1. The monoisotopic (exact) mass is 761 g/mol. The second-order valence-corrected chi connectivity index (χ2v) is 14.6. The highest BCUT2D eigenvalue weighted by molar-refractivity contribution is 6.25. The van der Waals surface area contributed by atoms with E-state index in [0.29, 0.717) is 73.2 Å². The average Bonchev–Trinajstić information content (AvgIpc) is 3.41. The summed E-state index contributed by atoms with van der Waals surface area (Å²) in [6.45, 7) is 1.52. The summed E-state index contributed by atoms with van der Waals surface area (Å²) in [5, 5.41) is 26.6.